The highest BCUT2D eigenvalue weighted by atomic mass is 16.7. The standard InChI is InChI=1S/C12H15NO7/c1-6-9(14)10(15)11(16)12(17,20-6)7-3-2-4-8(5-7)13(18)19/h2-6,9-11,14-17H,1H3/t6-,9+,10+,11-,12+/m1/s1. The molecule has 1 aromatic rings. The Hall–Kier alpha value is -1.58. The van der Waals surface area contributed by atoms with Crippen LogP contribution in [0.25, 0.3) is 0 Å². The van der Waals surface area contributed by atoms with E-state index in [1.54, 1.807) is 0 Å². The van der Waals surface area contributed by atoms with Crippen molar-refractivity contribution in [3.8, 4) is 0 Å². The third kappa shape index (κ3) is 2.28. The third-order valence-corrected chi connectivity index (χ3v) is 3.39. The number of nitro groups is 1. The number of nitro benzene ring substituents is 1. The second-order valence-electron chi connectivity index (χ2n) is 4.75. The van der Waals surface area contributed by atoms with E-state index in [-0.39, 0.29) is 11.3 Å². The van der Waals surface area contributed by atoms with E-state index >= 15 is 0 Å². The van der Waals surface area contributed by atoms with E-state index in [2.05, 4.69) is 0 Å². The fourth-order valence-electron chi connectivity index (χ4n) is 2.20. The normalized spacial score (nSPS) is 37.6. The summed E-state index contributed by atoms with van der Waals surface area (Å²) in [5.41, 5.74) is -0.364. The van der Waals surface area contributed by atoms with Gasteiger partial charge in [-0.1, -0.05) is 12.1 Å². The second kappa shape index (κ2) is 5.08. The number of non-ortho nitro benzene ring substituents is 1. The van der Waals surface area contributed by atoms with Gasteiger partial charge >= 0.3 is 0 Å². The van der Waals surface area contributed by atoms with Crippen molar-refractivity contribution >= 4 is 5.69 Å². The minimum Gasteiger partial charge on any atom is -0.388 e. The molecule has 2 rings (SSSR count). The van der Waals surface area contributed by atoms with Crippen LogP contribution in [-0.4, -0.2) is 49.8 Å². The molecule has 20 heavy (non-hydrogen) atoms. The summed E-state index contributed by atoms with van der Waals surface area (Å²) in [7, 11) is 0. The summed E-state index contributed by atoms with van der Waals surface area (Å²) in [6, 6.07) is 4.91. The summed E-state index contributed by atoms with van der Waals surface area (Å²) in [6.07, 6.45) is -5.81. The Balaban J connectivity index is 2.43. The van der Waals surface area contributed by atoms with Crippen molar-refractivity contribution in [3.63, 3.8) is 0 Å². The molecule has 0 spiro atoms. The summed E-state index contributed by atoms with van der Waals surface area (Å²) < 4.78 is 5.16. The lowest BCUT2D eigenvalue weighted by Crippen LogP contribution is -2.62. The predicted octanol–water partition coefficient (Wildman–Crippen LogP) is -0.759. The van der Waals surface area contributed by atoms with Crippen molar-refractivity contribution in [2.24, 2.45) is 0 Å². The number of aliphatic hydroxyl groups is 4. The van der Waals surface area contributed by atoms with Gasteiger partial charge in [0, 0.05) is 17.7 Å². The molecule has 1 aliphatic heterocycles. The first-order chi connectivity index (χ1) is 9.27. The maximum Gasteiger partial charge on any atom is 0.269 e. The average molecular weight is 285 g/mol. The molecule has 1 aliphatic rings. The minimum atomic E-state index is -2.33. The van der Waals surface area contributed by atoms with Gasteiger partial charge in [-0.2, -0.15) is 0 Å². The van der Waals surface area contributed by atoms with Gasteiger partial charge in [0.2, 0.25) is 5.79 Å². The van der Waals surface area contributed by atoms with Gasteiger partial charge < -0.3 is 25.2 Å². The molecule has 0 saturated carbocycles. The molecule has 0 radical (unpaired) electrons. The van der Waals surface area contributed by atoms with E-state index in [0.29, 0.717) is 0 Å². The predicted molar refractivity (Wildman–Crippen MR) is 65.6 cm³/mol. The second-order valence-corrected chi connectivity index (χ2v) is 4.75. The SMILES string of the molecule is C[C@H]1O[C@@](O)(c2cccc([N+](=O)[O-])c2)[C@H](O)[C@@H](O)[C@H]1O. The van der Waals surface area contributed by atoms with Crippen LogP contribution in [0.1, 0.15) is 12.5 Å². The van der Waals surface area contributed by atoms with E-state index in [1.807, 2.05) is 0 Å². The highest BCUT2D eigenvalue weighted by Crippen LogP contribution is 2.37. The van der Waals surface area contributed by atoms with Crippen LogP contribution in [0.4, 0.5) is 5.69 Å². The Morgan fingerprint density at radius 1 is 1.30 bits per heavy atom. The van der Waals surface area contributed by atoms with Gasteiger partial charge in [0.25, 0.3) is 5.69 Å². The Bertz CT molecular complexity index is 522. The van der Waals surface area contributed by atoms with Crippen molar-refractivity contribution in [2.45, 2.75) is 37.1 Å². The first-order valence-corrected chi connectivity index (χ1v) is 5.96. The molecule has 0 unspecified atom stereocenters. The van der Waals surface area contributed by atoms with Gasteiger partial charge in [0.05, 0.1) is 11.0 Å². The summed E-state index contributed by atoms with van der Waals surface area (Å²) in [5, 5.41) is 50.4. The minimum absolute atomic E-state index is 0.0722. The molecule has 110 valence electrons. The van der Waals surface area contributed by atoms with E-state index < -0.39 is 35.1 Å². The average Bonchev–Trinajstić information content (AvgIpc) is 2.43. The molecule has 0 aliphatic carbocycles. The van der Waals surface area contributed by atoms with Gasteiger partial charge in [0.15, 0.2) is 0 Å². The Kier molecular flexibility index (Phi) is 3.76. The highest BCUT2D eigenvalue weighted by molar-refractivity contribution is 5.37. The molecule has 1 saturated heterocycles. The lowest BCUT2D eigenvalue weighted by molar-refractivity contribution is -0.385. The fourth-order valence-corrected chi connectivity index (χ4v) is 2.20. The number of benzene rings is 1. The van der Waals surface area contributed by atoms with Crippen LogP contribution in [0.2, 0.25) is 0 Å². The molecule has 8 heteroatoms. The van der Waals surface area contributed by atoms with Crippen LogP contribution in [0.5, 0.6) is 0 Å². The number of aliphatic hydroxyl groups excluding tert-OH is 3. The Labute approximate surface area is 114 Å². The molecule has 1 aromatic carbocycles. The third-order valence-electron chi connectivity index (χ3n) is 3.39. The Morgan fingerprint density at radius 2 is 1.95 bits per heavy atom. The Morgan fingerprint density at radius 3 is 2.55 bits per heavy atom. The lowest BCUT2D eigenvalue weighted by atomic mass is 9.88. The molecule has 0 amide bonds. The fraction of sp³-hybridized carbons (Fsp3) is 0.500. The number of nitrogens with zero attached hydrogens (tertiary/aromatic N) is 1. The monoisotopic (exact) mass is 285 g/mol. The maximum atomic E-state index is 10.7. The van der Waals surface area contributed by atoms with Crippen molar-refractivity contribution < 1.29 is 30.1 Å². The quantitative estimate of drug-likeness (QED) is 0.414. The largest absolute Gasteiger partial charge is 0.388 e. The lowest BCUT2D eigenvalue weighted by Gasteiger charge is -2.44. The number of hydrogen-bond donors (Lipinski definition) is 4. The summed E-state index contributed by atoms with van der Waals surface area (Å²) >= 11 is 0. The zero-order chi connectivity index (χ0) is 15.1. The molecule has 1 fully saturated rings. The summed E-state index contributed by atoms with van der Waals surface area (Å²) in [5.74, 6) is -2.33. The van der Waals surface area contributed by atoms with Crippen molar-refractivity contribution in [1.29, 1.82) is 0 Å². The highest BCUT2D eigenvalue weighted by Gasteiger charge is 2.52. The number of hydrogen-bond acceptors (Lipinski definition) is 7. The zero-order valence-electron chi connectivity index (χ0n) is 10.6. The first-order valence-electron chi connectivity index (χ1n) is 5.96. The van der Waals surface area contributed by atoms with Gasteiger partial charge in [-0.05, 0) is 6.92 Å². The molecule has 0 aromatic heterocycles. The molecule has 5 atom stereocenters. The number of rotatable bonds is 2. The van der Waals surface area contributed by atoms with Crippen LogP contribution in [0, 0.1) is 10.1 Å². The van der Waals surface area contributed by atoms with Gasteiger partial charge in [-0.25, -0.2) is 0 Å². The van der Waals surface area contributed by atoms with Gasteiger partial charge in [0.1, 0.15) is 18.3 Å². The van der Waals surface area contributed by atoms with Gasteiger partial charge in [-0.15, -0.1) is 0 Å². The van der Waals surface area contributed by atoms with Crippen LogP contribution < -0.4 is 0 Å². The van der Waals surface area contributed by atoms with Gasteiger partial charge in [-0.3, -0.25) is 10.1 Å². The van der Waals surface area contributed by atoms with E-state index in [0.717, 1.165) is 6.07 Å². The van der Waals surface area contributed by atoms with E-state index in [4.69, 9.17) is 4.74 Å². The van der Waals surface area contributed by atoms with Crippen molar-refractivity contribution in [3.05, 3.63) is 39.9 Å². The zero-order valence-corrected chi connectivity index (χ0v) is 10.6. The van der Waals surface area contributed by atoms with E-state index in [1.165, 1.54) is 25.1 Å². The van der Waals surface area contributed by atoms with Crippen LogP contribution in [0.15, 0.2) is 24.3 Å². The first kappa shape index (κ1) is 14.8. The van der Waals surface area contributed by atoms with Crippen LogP contribution >= 0.6 is 0 Å². The molecule has 4 N–H and O–H groups in total. The maximum absolute atomic E-state index is 10.7. The number of ether oxygens (including phenoxy) is 1. The molecular formula is C12H15NO7. The van der Waals surface area contributed by atoms with Crippen LogP contribution in [0.3, 0.4) is 0 Å². The van der Waals surface area contributed by atoms with Crippen molar-refractivity contribution in [1.82, 2.24) is 0 Å². The smallest absolute Gasteiger partial charge is 0.269 e. The molecule has 1 heterocycles. The van der Waals surface area contributed by atoms with E-state index in [9.17, 15) is 30.5 Å². The molecule has 8 nitrogen and oxygen atoms in total. The molecular weight excluding hydrogens is 270 g/mol. The topological polar surface area (TPSA) is 133 Å². The molecule has 0 bridgehead atoms. The van der Waals surface area contributed by atoms with Crippen molar-refractivity contribution in [2.75, 3.05) is 0 Å². The van der Waals surface area contributed by atoms with Crippen LogP contribution in [-0.2, 0) is 10.5 Å². The summed E-state index contributed by atoms with van der Waals surface area (Å²) in [4.78, 5) is 10.1. The summed E-state index contributed by atoms with van der Waals surface area (Å²) in [6.45, 7) is 1.40.